The van der Waals surface area contributed by atoms with E-state index >= 15 is 0 Å². The minimum absolute atomic E-state index is 0.0596. The molecule has 0 spiro atoms. The molecule has 0 aliphatic rings. The maximum Gasteiger partial charge on any atom is 0.264 e. The molecule has 2 aromatic rings. The topological polar surface area (TPSA) is 66.5 Å². The Morgan fingerprint density at radius 1 is 1.04 bits per heavy atom. The average molecular weight is 346 g/mol. The highest BCUT2D eigenvalue weighted by molar-refractivity contribution is 7.92. The van der Waals surface area contributed by atoms with Crippen molar-refractivity contribution < 1.29 is 13.2 Å². The maximum atomic E-state index is 13.1. The molecule has 0 heterocycles. The fourth-order valence-electron chi connectivity index (χ4n) is 2.36. The highest BCUT2D eigenvalue weighted by atomic mass is 32.2. The summed E-state index contributed by atoms with van der Waals surface area (Å²) in [4.78, 5) is 12.4. The van der Waals surface area contributed by atoms with Crippen LogP contribution in [0.1, 0.15) is 19.4 Å². The Kier molecular flexibility index (Phi) is 5.62. The molecule has 0 saturated carbocycles. The van der Waals surface area contributed by atoms with Gasteiger partial charge < -0.3 is 5.32 Å². The zero-order chi connectivity index (χ0) is 17.7. The molecular weight excluding hydrogens is 324 g/mol. The molecule has 128 valence electrons. The summed E-state index contributed by atoms with van der Waals surface area (Å²) in [6.07, 6.45) is 0. The molecule has 0 aliphatic carbocycles. The van der Waals surface area contributed by atoms with E-state index in [1.54, 1.807) is 30.3 Å². The number of hydrogen-bond donors (Lipinski definition) is 1. The quantitative estimate of drug-likeness (QED) is 0.874. The lowest BCUT2D eigenvalue weighted by Gasteiger charge is -2.26. The van der Waals surface area contributed by atoms with Crippen molar-refractivity contribution in [3.05, 3.63) is 60.2 Å². The van der Waals surface area contributed by atoms with Crippen LogP contribution in [-0.2, 0) is 14.8 Å². The van der Waals surface area contributed by atoms with Gasteiger partial charge in [-0.3, -0.25) is 9.10 Å². The zero-order valence-electron chi connectivity index (χ0n) is 14.1. The van der Waals surface area contributed by atoms with Gasteiger partial charge in [0, 0.05) is 6.04 Å². The molecule has 1 amide bonds. The van der Waals surface area contributed by atoms with Crippen LogP contribution in [0.5, 0.6) is 0 Å². The molecule has 0 atom stereocenters. The zero-order valence-corrected chi connectivity index (χ0v) is 14.9. The van der Waals surface area contributed by atoms with Crippen LogP contribution in [-0.4, -0.2) is 26.9 Å². The van der Waals surface area contributed by atoms with Crippen molar-refractivity contribution in [1.82, 2.24) is 5.32 Å². The number of carbonyl (C=O) groups is 1. The van der Waals surface area contributed by atoms with E-state index < -0.39 is 10.0 Å². The van der Waals surface area contributed by atoms with Crippen LogP contribution in [0.15, 0.2) is 59.5 Å². The monoisotopic (exact) mass is 346 g/mol. The van der Waals surface area contributed by atoms with E-state index in [1.807, 2.05) is 32.9 Å². The van der Waals surface area contributed by atoms with Crippen molar-refractivity contribution in [2.75, 3.05) is 10.8 Å². The maximum absolute atomic E-state index is 13.1. The third-order valence-electron chi connectivity index (χ3n) is 3.45. The lowest BCUT2D eigenvalue weighted by molar-refractivity contribution is -0.120. The summed E-state index contributed by atoms with van der Waals surface area (Å²) in [5.41, 5.74) is 1.29. The van der Waals surface area contributed by atoms with Crippen LogP contribution in [0.4, 0.5) is 5.69 Å². The Hall–Kier alpha value is -2.34. The molecule has 0 fully saturated rings. The molecule has 6 heteroatoms. The minimum Gasteiger partial charge on any atom is -0.352 e. The second-order valence-electron chi connectivity index (χ2n) is 5.83. The molecule has 0 aliphatic heterocycles. The number of sulfonamides is 1. The van der Waals surface area contributed by atoms with Crippen molar-refractivity contribution in [3.8, 4) is 0 Å². The number of hydrogen-bond acceptors (Lipinski definition) is 3. The summed E-state index contributed by atoms with van der Waals surface area (Å²) in [7, 11) is -3.83. The number of aryl methyl sites for hydroxylation is 1. The van der Waals surface area contributed by atoms with Gasteiger partial charge in [0.15, 0.2) is 0 Å². The summed E-state index contributed by atoms with van der Waals surface area (Å²) >= 11 is 0. The number of rotatable bonds is 6. The number of benzene rings is 2. The third-order valence-corrected chi connectivity index (χ3v) is 5.23. The molecule has 5 nitrogen and oxygen atoms in total. The predicted molar refractivity (Wildman–Crippen MR) is 95.4 cm³/mol. The fourth-order valence-corrected chi connectivity index (χ4v) is 3.87. The first kappa shape index (κ1) is 18.0. The lowest BCUT2D eigenvalue weighted by atomic mass is 10.2. The normalized spacial score (nSPS) is 11.3. The lowest BCUT2D eigenvalue weighted by Crippen LogP contribution is -2.43. The van der Waals surface area contributed by atoms with E-state index in [2.05, 4.69) is 5.32 Å². The average Bonchev–Trinajstić information content (AvgIpc) is 2.53. The van der Waals surface area contributed by atoms with E-state index in [1.165, 1.54) is 12.1 Å². The van der Waals surface area contributed by atoms with Gasteiger partial charge in [-0.1, -0.05) is 36.4 Å². The van der Waals surface area contributed by atoms with Gasteiger partial charge in [-0.15, -0.1) is 0 Å². The van der Waals surface area contributed by atoms with E-state index in [4.69, 9.17) is 0 Å². The second kappa shape index (κ2) is 7.49. The van der Waals surface area contributed by atoms with Crippen LogP contribution < -0.4 is 9.62 Å². The number of anilines is 1. The number of nitrogens with zero attached hydrogens (tertiary/aromatic N) is 1. The smallest absolute Gasteiger partial charge is 0.264 e. The fraction of sp³-hybridized carbons (Fsp3) is 0.278. The molecular formula is C18H22N2O3S. The third kappa shape index (κ3) is 4.14. The number of para-hydroxylation sites is 1. The standard InChI is InChI=1S/C18H22N2O3S/c1-14(2)19-18(21)13-20(17-12-8-7-9-15(17)3)24(22,23)16-10-5-4-6-11-16/h4-12,14H,13H2,1-3H3,(H,19,21). The Morgan fingerprint density at radius 3 is 2.21 bits per heavy atom. The van der Waals surface area contributed by atoms with Gasteiger partial charge in [0.25, 0.3) is 10.0 Å². The van der Waals surface area contributed by atoms with Crippen LogP contribution in [0, 0.1) is 6.92 Å². The van der Waals surface area contributed by atoms with Gasteiger partial charge in [-0.2, -0.15) is 0 Å². The largest absolute Gasteiger partial charge is 0.352 e. The second-order valence-corrected chi connectivity index (χ2v) is 7.70. The molecule has 1 N–H and O–H groups in total. The number of carbonyl (C=O) groups excluding carboxylic acids is 1. The summed E-state index contributed by atoms with van der Waals surface area (Å²) in [6.45, 7) is 5.23. The first-order valence-corrected chi connectivity index (χ1v) is 9.19. The summed E-state index contributed by atoms with van der Waals surface area (Å²) in [6, 6.07) is 15.2. The number of nitrogens with one attached hydrogen (secondary N) is 1. The molecule has 0 unspecified atom stereocenters. The van der Waals surface area contributed by atoms with Gasteiger partial charge in [-0.05, 0) is 44.5 Å². The van der Waals surface area contributed by atoms with Crippen molar-refractivity contribution >= 4 is 21.6 Å². The molecule has 0 radical (unpaired) electrons. The van der Waals surface area contributed by atoms with Crippen molar-refractivity contribution in [3.63, 3.8) is 0 Å². The Balaban J connectivity index is 2.47. The molecule has 24 heavy (non-hydrogen) atoms. The van der Waals surface area contributed by atoms with Crippen molar-refractivity contribution in [1.29, 1.82) is 0 Å². The van der Waals surface area contributed by atoms with Gasteiger partial charge in [0.05, 0.1) is 10.6 Å². The minimum atomic E-state index is -3.83. The molecule has 2 rings (SSSR count). The molecule has 0 bridgehead atoms. The van der Waals surface area contributed by atoms with Crippen molar-refractivity contribution in [2.45, 2.75) is 31.7 Å². The van der Waals surface area contributed by atoms with Crippen LogP contribution in [0.3, 0.4) is 0 Å². The summed E-state index contributed by atoms with van der Waals surface area (Å²) < 4.78 is 27.3. The van der Waals surface area contributed by atoms with Crippen LogP contribution in [0.25, 0.3) is 0 Å². The van der Waals surface area contributed by atoms with Gasteiger partial charge in [-0.25, -0.2) is 8.42 Å². The highest BCUT2D eigenvalue weighted by Crippen LogP contribution is 2.26. The molecule has 2 aromatic carbocycles. The van der Waals surface area contributed by atoms with E-state index in [-0.39, 0.29) is 23.4 Å². The van der Waals surface area contributed by atoms with Crippen LogP contribution in [0.2, 0.25) is 0 Å². The van der Waals surface area contributed by atoms with Gasteiger partial charge in [0.2, 0.25) is 5.91 Å². The summed E-state index contributed by atoms with van der Waals surface area (Å²) in [5.74, 6) is -0.340. The van der Waals surface area contributed by atoms with Crippen molar-refractivity contribution in [2.24, 2.45) is 0 Å². The SMILES string of the molecule is Cc1ccccc1N(CC(=O)NC(C)C)S(=O)(=O)c1ccccc1. The molecule has 0 saturated heterocycles. The van der Waals surface area contributed by atoms with Gasteiger partial charge >= 0.3 is 0 Å². The first-order valence-electron chi connectivity index (χ1n) is 7.75. The summed E-state index contributed by atoms with van der Waals surface area (Å²) in [5, 5.41) is 2.74. The van der Waals surface area contributed by atoms with E-state index in [0.29, 0.717) is 5.69 Å². The highest BCUT2D eigenvalue weighted by Gasteiger charge is 2.28. The number of amides is 1. The predicted octanol–water partition coefficient (Wildman–Crippen LogP) is 2.71. The first-order chi connectivity index (χ1) is 11.3. The van der Waals surface area contributed by atoms with E-state index in [0.717, 1.165) is 9.87 Å². The van der Waals surface area contributed by atoms with Gasteiger partial charge in [0.1, 0.15) is 6.54 Å². The molecule has 0 aromatic heterocycles. The van der Waals surface area contributed by atoms with E-state index in [9.17, 15) is 13.2 Å². The Bertz CT molecular complexity index is 802. The Morgan fingerprint density at radius 2 is 1.62 bits per heavy atom. The Labute approximate surface area is 143 Å². The van der Waals surface area contributed by atoms with Crippen LogP contribution >= 0.6 is 0 Å².